The number of amides is 1. The van der Waals surface area contributed by atoms with Crippen molar-refractivity contribution < 1.29 is 18.7 Å². The summed E-state index contributed by atoms with van der Waals surface area (Å²) in [6.07, 6.45) is 1.02. The third-order valence-electron chi connectivity index (χ3n) is 4.95. The highest BCUT2D eigenvalue weighted by atomic mass is 32.2. The summed E-state index contributed by atoms with van der Waals surface area (Å²) in [6.45, 7) is 10.7. The monoisotopic (exact) mass is 415 g/mol. The first-order chi connectivity index (χ1) is 13.5. The molecule has 1 N–H and O–H groups in total. The largest absolute Gasteiger partial charge is 0.462 e. The van der Waals surface area contributed by atoms with Crippen molar-refractivity contribution in [1.29, 1.82) is 0 Å². The number of fused-ring (bicyclic) bond motifs is 1. The van der Waals surface area contributed by atoms with Gasteiger partial charge in [-0.3, -0.25) is 4.79 Å². The fourth-order valence-electron chi connectivity index (χ4n) is 3.95. The quantitative estimate of drug-likeness (QED) is 0.641. The van der Waals surface area contributed by atoms with Crippen LogP contribution in [0.1, 0.15) is 67.3 Å². The Morgan fingerprint density at radius 1 is 1.14 bits per heavy atom. The summed E-state index contributed by atoms with van der Waals surface area (Å²) in [5.41, 5.74) is 1.81. The van der Waals surface area contributed by atoms with Gasteiger partial charge in [0.2, 0.25) is 0 Å². The number of rotatable bonds is 4. The maximum absolute atomic E-state index is 14.2. The van der Waals surface area contributed by atoms with Crippen LogP contribution >= 0.6 is 11.8 Å². The number of benzene rings is 2. The number of esters is 1. The normalized spacial score (nSPS) is 16.6. The first-order valence-corrected chi connectivity index (χ1v) is 10.5. The molecule has 0 bridgehead atoms. The van der Waals surface area contributed by atoms with Crippen molar-refractivity contribution in [3.05, 3.63) is 58.9 Å². The molecule has 1 aliphatic heterocycles. The van der Waals surface area contributed by atoms with Gasteiger partial charge in [-0.05, 0) is 60.7 Å². The van der Waals surface area contributed by atoms with Crippen LogP contribution in [-0.4, -0.2) is 23.2 Å². The van der Waals surface area contributed by atoms with Crippen LogP contribution in [-0.2, 0) is 10.2 Å². The Hall–Kier alpha value is -2.34. The van der Waals surface area contributed by atoms with Gasteiger partial charge in [0, 0.05) is 20.9 Å². The lowest BCUT2D eigenvalue weighted by molar-refractivity contribution is 0.0520. The van der Waals surface area contributed by atoms with E-state index in [1.165, 1.54) is 22.6 Å². The standard InChI is InChI=1S/C23H26FNO3S/c1-6-28-21(27)16-9-7-14(11-18(16)24)20(26)25-15-8-10-19-17(12-15)22(2,3)13-23(4,5)29-19/h7-12H,6,13H2,1-5H3,(H,25,26). The molecule has 29 heavy (non-hydrogen) atoms. The fraction of sp³-hybridized carbons (Fsp3) is 0.391. The van der Waals surface area contributed by atoms with Crippen LogP contribution in [0.15, 0.2) is 41.3 Å². The molecular formula is C23H26FNO3S. The van der Waals surface area contributed by atoms with Crippen LogP contribution < -0.4 is 5.32 Å². The highest BCUT2D eigenvalue weighted by molar-refractivity contribution is 8.00. The molecule has 154 valence electrons. The van der Waals surface area contributed by atoms with Crippen molar-refractivity contribution in [3.63, 3.8) is 0 Å². The van der Waals surface area contributed by atoms with Gasteiger partial charge in [0.05, 0.1) is 12.2 Å². The van der Waals surface area contributed by atoms with Gasteiger partial charge in [-0.2, -0.15) is 0 Å². The van der Waals surface area contributed by atoms with Crippen LogP contribution in [0.2, 0.25) is 0 Å². The summed E-state index contributed by atoms with van der Waals surface area (Å²) >= 11 is 1.84. The summed E-state index contributed by atoms with van der Waals surface area (Å²) < 4.78 is 19.2. The zero-order valence-corrected chi connectivity index (χ0v) is 18.2. The lowest BCUT2D eigenvalue weighted by Crippen LogP contribution is -2.33. The third-order valence-corrected chi connectivity index (χ3v) is 6.22. The molecule has 6 heteroatoms. The number of nitrogens with one attached hydrogen (secondary N) is 1. The molecule has 1 amide bonds. The minimum Gasteiger partial charge on any atom is -0.462 e. The molecule has 0 saturated carbocycles. The number of thioether (sulfide) groups is 1. The molecular weight excluding hydrogens is 389 g/mol. The first-order valence-electron chi connectivity index (χ1n) is 9.64. The van der Waals surface area contributed by atoms with Gasteiger partial charge in [-0.15, -0.1) is 11.8 Å². The molecule has 3 rings (SSSR count). The maximum atomic E-state index is 14.2. The van der Waals surface area contributed by atoms with Gasteiger partial charge in [-0.25, -0.2) is 9.18 Å². The van der Waals surface area contributed by atoms with E-state index in [1.807, 2.05) is 30.0 Å². The van der Waals surface area contributed by atoms with E-state index < -0.39 is 17.7 Å². The molecule has 0 atom stereocenters. The van der Waals surface area contributed by atoms with E-state index in [9.17, 15) is 14.0 Å². The molecule has 4 nitrogen and oxygen atoms in total. The Morgan fingerprint density at radius 3 is 2.52 bits per heavy atom. The van der Waals surface area contributed by atoms with Crippen molar-refractivity contribution in [2.45, 2.75) is 56.1 Å². The number of anilines is 1. The van der Waals surface area contributed by atoms with E-state index in [1.54, 1.807) is 6.92 Å². The van der Waals surface area contributed by atoms with E-state index in [-0.39, 0.29) is 27.9 Å². The molecule has 0 saturated heterocycles. The lowest BCUT2D eigenvalue weighted by atomic mass is 9.77. The van der Waals surface area contributed by atoms with Gasteiger partial charge >= 0.3 is 5.97 Å². The Balaban J connectivity index is 1.82. The van der Waals surface area contributed by atoms with Crippen molar-refractivity contribution in [3.8, 4) is 0 Å². The van der Waals surface area contributed by atoms with E-state index in [2.05, 4.69) is 33.0 Å². The topological polar surface area (TPSA) is 55.4 Å². The third kappa shape index (κ3) is 4.64. The Bertz CT molecular complexity index is 969. The molecule has 0 fully saturated rings. The van der Waals surface area contributed by atoms with Gasteiger partial charge in [0.25, 0.3) is 5.91 Å². The van der Waals surface area contributed by atoms with Gasteiger partial charge in [-0.1, -0.05) is 27.7 Å². The summed E-state index contributed by atoms with van der Waals surface area (Å²) in [5, 5.41) is 2.84. The van der Waals surface area contributed by atoms with Crippen molar-refractivity contribution in [2.24, 2.45) is 0 Å². The number of carbonyl (C=O) groups is 2. The SMILES string of the molecule is CCOC(=O)c1ccc(C(=O)Nc2ccc3c(c2)C(C)(C)CC(C)(C)S3)cc1F. The maximum Gasteiger partial charge on any atom is 0.341 e. The second-order valence-corrected chi connectivity index (χ2v) is 10.3. The van der Waals surface area contributed by atoms with E-state index in [0.29, 0.717) is 5.69 Å². The van der Waals surface area contributed by atoms with Crippen LogP contribution in [0, 0.1) is 5.82 Å². The van der Waals surface area contributed by atoms with Crippen molar-refractivity contribution in [2.75, 3.05) is 11.9 Å². The van der Waals surface area contributed by atoms with Crippen molar-refractivity contribution in [1.82, 2.24) is 0 Å². The van der Waals surface area contributed by atoms with Gasteiger partial charge in [0.15, 0.2) is 0 Å². The average molecular weight is 416 g/mol. The second-order valence-electron chi connectivity index (χ2n) is 8.50. The highest BCUT2D eigenvalue weighted by Crippen LogP contribution is 2.51. The van der Waals surface area contributed by atoms with Crippen molar-refractivity contribution >= 4 is 29.3 Å². The van der Waals surface area contributed by atoms with E-state index >= 15 is 0 Å². The minimum absolute atomic E-state index is 0.0157. The number of halogens is 1. The molecule has 0 spiro atoms. The number of hydrogen-bond acceptors (Lipinski definition) is 4. The summed E-state index contributed by atoms with van der Waals surface area (Å²) in [4.78, 5) is 25.5. The summed E-state index contributed by atoms with van der Waals surface area (Å²) in [6, 6.07) is 9.65. The van der Waals surface area contributed by atoms with Crippen LogP contribution in [0.3, 0.4) is 0 Å². The minimum atomic E-state index is -0.777. The number of ether oxygens (including phenoxy) is 1. The second kappa shape index (κ2) is 7.82. The predicted octanol–water partition coefficient (Wildman–Crippen LogP) is 5.81. The van der Waals surface area contributed by atoms with Crippen LogP contribution in [0.5, 0.6) is 0 Å². The van der Waals surface area contributed by atoms with E-state index in [0.717, 1.165) is 12.5 Å². The van der Waals surface area contributed by atoms with Gasteiger partial charge < -0.3 is 10.1 Å². The zero-order valence-electron chi connectivity index (χ0n) is 17.4. The first kappa shape index (κ1) is 21.4. The average Bonchev–Trinajstić information content (AvgIpc) is 2.61. The lowest BCUT2D eigenvalue weighted by Gasteiger charge is -2.41. The van der Waals surface area contributed by atoms with Crippen LogP contribution in [0.25, 0.3) is 0 Å². The number of carbonyl (C=O) groups excluding carboxylic acids is 2. The summed E-state index contributed by atoms with van der Waals surface area (Å²) in [5.74, 6) is -1.95. The molecule has 1 aliphatic rings. The van der Waals surface area contributed by atoms with Gasteiger partial charge in [0.1, 0.15) is 5.82 Å². The molecule has 1 heterocycles. The Morgan fingerprint density at radius 2 is 1.86 bits per heavy atom. The molecule has 2 aromatic rings. The number of hydrogen-bond donors (Lipinski definition) is 1. The van der Waals surface area contributed by atoms with E-state index in [4.69, 9.17) is 4.74 Å². The molecule has 0 unspecified atom stereocenters. The highest BCUT2D eigenvalue weighted by Gasteiger charge is 2.38. The molecule has 0 radical (unpaired) electrons. The zero-order chi connectivity index (χ0) is 21.4. The smallest absolute Gasteiger partial charge is 0.341 e. The summed E-state index contributed by atoms with van der Waals surface area (Å²) in [7, 11) is 0. The predicted molar refractivity (Wildman–Crippen MR) is 114 cm³/mol. The fourth-order valence-corrected chi connectivity index (χ4v) is 5.56. The molecule has 0 aromatic heterocycles. The Kier molecular flexibility index (Phi) is 5.77. The van der Waals surface area contributed by atoms with Crippen LogP contribution in [0.4, 0.5) is 10.1 Å². The Labute approximate surface area is 175 Å². The molecule has 2 aromatic carbocycles. The molecule has 0 aliphatic carbocycles.